The highest BCUT2D eigenvalue weighted by Gasteiger charge is 2.35. The molecule has 1 unspecified atom stereocenters. The summed E-state index contributed by atoms with van der Waals surface area (Å²) in [6, 6.07) is 13.6. The Bertz CT molecular complexity index is 1140. The predicted octanol–water partition coefficient (Wildman–Crippen LogP) is 5.27. The third kappa shape index (κ3) is 5.47. The second-order valence-electron chi connectivity index (χ2n) is 9.51. The van der Waals surface area contributed by atoms with Crippen LogP contribution < -0.4 is 10.6 Å². The van der Waals surface area contributed by atoms with Gasteiger partial charge in [-0.3, -0.25) is 0 Å². The van der Waals surface area contributed by atoms with Crippen LogP contribution in [0.25, 0.3) is 0 Å². The maximum Gasteiger partial charge on any atom is 0.407 e. The lowest BCUT2D eigenvalue weighted by Crippen LogP contribution is -2.51. The number of rotatable bonds is 4. The SMILES string of the molecule is CC(c1ccc2c(c1)Nc1ccccc1S2)S(=O)(=O)N1CCC[C@@H](NC(=O)OC(C)(C)C)C1. The summed E-state index contributed by atoms with van der Waals surface area (Å²) in [4.78, 5) is 14.4. The normalized spacial score (nSPS) is 19.6. The van der Waals surface area contributed by atoms with Crippen LogP contribution in [0.1, 0.15) is 51.3 Å². The number of amides is 1. The Hall–Kier alpha value is -2.23. The molecule has 2 aliphatic heterocycles. The van der Waals surface area contributed by atoms with E-state index < -0.39 is 27.0 Å². The van der Waals surface area contributed by atoms with Crippen molar-refractivity contribution in [2.24, 2.45) is 0 Å². The Morgan fingerprint density at radius 2 is 1.91 bits per heavy atom. The van der Waals surface area contributed by atoms with Crippen LogP contribution in [0, 0.1) is 0 Å². The maximum absolute atomic E-state index is 13.5. The largest absolute Gasteiger partial charge is 0.444 e. The van der Waals surface area contributed by atoms with Gasteiger partial charge in [0.15, 0.2) is 0 Å². The molecule has 2 heterocycles. The minimum atomic E-state index is -3.60. The average Bonchev–Trinajstić information content (AvgIpc) is 2.75. The smallest absolute Gasteiger partial charge is 0.407 e. The number of sulfonamides is 1. The molecule has 0 saturated carbocycles. The third-order valence-corrected chi connectivity index (χ3v) is 9.13. The zero-order chi connectivity index (χ0) is 23.8. The highest BCUT2D eigenvalue weighted by atomic mass is 32.2. The average molecular weight is 490 g/mol. The molecule has 2 atom stereocenters. The molecule has 0 bridgehead atoms. The molecule has 178 valence electrons. The molecule has 2 N–H and O–H groups in total. The lowest BCUT2D eigenvalue weighted by molar-refractivity contribution is 0.0487. The third-order valence-electron chi connectivity index (χ3n) is 5.76. The van der Waals surface area contributed by atoms with Crippen LogP contribution in [0.15, 0.2) is 52.3 Å². The summed E-state index contributed by atoms with van der Waals surface area (Å²) in [5.41, 5.74) is 2.08. The van der Waals surface area contributed by atoms with E-state index in [9.17, 15) is 13.2 Å². The van der Waals surface area contributed by atoms with Crippen molar-refractivity contribution in [1.82, 2.24) is 9.62 Å². The Morgan fingerprint density at radius 3 is 2.67 bits per heavy atom. The van der Waals surface area contributed by atoms with Crippen molar-refractivity contribution >= 4 is 39.3 Å². The van der Waals surface area contributed by atoms with E-state index in [0.717, 1.165) is 33.2 Å². The van der Waals surface area contributed by atoms with E-state index >= 15 is 0 Å². The lowest BCUT2D eigenvalue weighted by atomic mass is 10.1. The zero-order valence-electron chi connectivity index (χ0n) is 19.4. The molecule has 1 fully saturated rings. The molecular weight excluding hydrogens is 458 g/mol. The van der Waals surface area contributed by atoms with Crippen LogP contribution >= 0.6 is 11.8 Å². The van der Waals surface area contributed by atoms with Crippen LogP contribution in [0.4, 0.5) is 16.2 Å². The fraction of sp³-hybridized carbons (Fsp3) is 0.458. The van der Waals surface area contributed by atoms with E-state index in [4.69, 9.17) is 4.74 Å². The fourth-order valence-corrected chi connectivity index (χ4v) is 6.75. The number of ether oxygens (including phenoxy) is 1. The lowest BCUT2D eigenvalue weighted by Gasteiger charge is -2.34. The van der Waals surface area contributed by atoms with Crippen molar-refractivity contribution in [3.63, 3.8) is 0 Å². The summed E-state index contributed by atoms with van der Waals surface area (Å²) in [6.07, 6.45) is 0.892. The molecule has 0 spiro atoms. The molecular formula is C24H31N3O4S2. The van der Waals surface area contributed by atoms with Gasteiger partial charge in [-0.05, 0) is 70.4 Å². The second kappa shape index (κ2) is 9.19. The molecule has 2 aromatic rings. The number of nitrogens with one attached hydrogen (secondary N) is 2. The second-order valence-corrected chi connectivity index (χ2v) is 12.8. The van der Waals surface area contributed by atoms with Gasteiger partial charge < -0.3 is 15.4 Å². The van der Waals surface area contributed by atoms with Gasteiger partial charge >= 0.3 is 6.09 Å². The summed E-state index contributed by atoms with van der Waals surface area (Å²) in [6.45, 7) is 7.83. The molecule has 33 heavy (non-hydrogen) atoms. The van der Waals surface area contributed by atoms with E-state index in [-0.39, 0.29) is 12.6 Å². The molecule has 0 aromatic heterocycles. The highest BCUT2D eigenvalue weighted by molar-refractivity contribution is 7.99. The van der Waals surface area contributed by atoms with E-state index in [1.54, 1.807) is 39.5 Å². The summed E-state index contributed by atoms with van der Waals surface area (Å²) in [7, 11) is -3.60. The van der Waals surface area contributed by atoms with E-state index in [1.807, 2.05) is 36.4 Å². The van der Waals surface area contributed by atoms with Gasteiger partial charge in [0, 0.05) is 28.9 Å². The Labute approximate surface area is 200 Å². The number of nitrogens with zero attached hydrogens (tertiary/aromatic N) is 1. The first kappa shape index (κ1) is 23.9. The van der Waals surface area contributed by atoms with E-state index in [1.165, 1.54) is 4.31 Å². The standard InChI is InChI=1S/C24H31N3O4S2/c1-16(17-11-12-22-20(14-17)26-19-9-5-6-10-21(19)32-22)33(29,30)27-13-7-8-18(15-27)25-23(28)31-24(2,3)4/h5-6,9-12,14,16,18,26H,7-8,13,15H2,1-4H3,(H,25,28)/t16?,18-/m1/s1. The van der Waals surface area contributed by atoms with Crippen LogP contribution in [0.3, 0.4) is 0 Å². The van der Waals surface area contributed by atoms with E-state index in [0.29, 0.717) is 13.0 Å². The van der Waals surface area contributed by atoms with Gasteiger partial charge in [0.05, 0.1) is 16.6 Å². The first-order valence-electron chi connectivity index (χ1n) is 11.2. The van der Waals surface area contributed by atoms with Gasteiger partial charge in [-0.1, -0.05) is 30.0 Å². The first-order chi connectivity index (χ1) is 15.5. The zero-order valence-corrected chi connectivity index (χ0v) is 21.1. The van der Waals surface area contributed by atoms with Crippen molar-refractivity contribution in [3.8, 4) is 0 Å². The van der Waals surface area contributed by atoms with Crippen LogP contribution in [-0.4, -0.2) is 43.5 Å². The number of alkyl carbamates (subject to hydrolysis) is 1. The molecule has 0 aliphatic carbocycles. The maximum atomic E-state index is 13.5. The van der Waals surface area contributed by atoms with Gasteiger partial charge in [-0.2, -0.15) is 4.31 Å². The van der Waals surface area contributed by atoms with Gasteiger partial charge in [-0.25, -0.2) is 13.2 Å². The molecule has 9 heteroatoms. The molecule has 2 aliphatic rings. The van der Waals surface area contributed by atoms with Crippen LogP contribution in [0.2, 0.25) is 0 Å². The van der Waals surface area contributed by atoms with Crippen molar-refractivity contribution in [3.05, 3.63) is 48.0 Å². The number of piperidine rings is 1. The minimum absolute atomic E-state index is 0.248. The van der Waals surface area contributed by atoms with Gasteiger partial charge in [-0.15, -0.1) is 0 Å². The first-order valence-corrected chi connectivity index (χ1v) is 13.5. The number of anilines is 2. The molecule has 0 radical (unpaired) electrons. The van der Waals surface area contributed by atoms with Crippen molar-refractivity contribution in [2.45, 2.75) is 67.2 Å². The number of carbonyl (C=O) groups excluding carboxylic acids is 1. The number of carbonyl (C=O) groups is 1. The van der Waals surface area contributed by atoms with Gasteiger partial charge in [0.2, 0.25) is 10.0 Å². The highest BCUT2D eigenvalue weighted by Crippen LogP contribution is 2.45. The number of fused-ring (bicyclic) bond motifs is 2. The molecule has 4 rings (SSSR count). The summed E-state index contributed by atoms with van der Waals surface area (Å²) < 4.78 is 33.8. The quantitative estimate of drug-likeness (QED) is 0.519. The molecule has 1 saturated heterocycles. The Balaban J connectivity index is 1.47. The summed E-state index contributed by atoms with van der Waals surface area (Å²) >= 11 is 1.67. The Kier molecular flexibility index (Phi) is 6.66. The summed E-state index contributed by atoms with van der Waals surface area (Å²) in [5, 5.41) is 5.55. The minimum Gasteiger partial charge on any atom is -0.444 e. The van der Waals surface area contributed by atoms with Crippen LogP contribution in [0.5, 0.6) is 0 Å². The molecule has 7 nitrogen and oxygen atoms in total. The van der Waals surface area contributed by atoms with Gasteiger partial charge in [0.25, 0.3) is 0 Å². The number of para-hydroxylation sites is 1. The number of hydrogen-bond donors (Lipinski definition) is 2. The van der Waals surface area contributed by atoms with Crippen LogP contribution in [-0.2, 0) is 14.8 Å². The number of hydrogen-bond acceptors (Lipinski definition) is 6. The molecule has 2 aromatic carbocycles. The summed E-state index contributed by atoms with van der Waals surface area (Å²) in [5.74, 6) is 0. The van der Waals surface area contributed by atoms with Crippen molar-refractivity contribution < 1.29 is 17.9 Å². The van der Waals surface area contributed by atoms with E-state index in [2.05, 4.69) is 16.7 Å². The predicted molar refractivity (Wildman–Crippen MR) is 132 cm³/mol. The van der Waals surface area contributed by atoms with Gasteiger partial charge in [0.1, 0.15) is 5.60 Å². The fourth-order valence-electron chi connectivity index (χ4n) is 4.07. The van der Waals surface area contributed by atoms with Crippen molar-refractivity contribution in [2.75, 3.05) is 18.4 Å². The topological polar surface area (TPSA) is 87.7 Å². The monoisotopic (exact) mass is 489 g/mol. The Morgan fingerprint density at radius 1 is 1.18 bits per heavy atom. The van der Waals surface area contributed by atoms with Crippen molar-refractivity contribution in [1.29, 1.82) is 0 Å². The molecule has 1 amide bonds. The number of benzene rings is 2.